The highest BCUT2D eigenvalue weighted by molar-refractivity contribution is 8.14. The summed E-state index contributed by atoms with van der Waals surface area (Å²) in [5, 5.41) is 21.6. The third kappa shape index (κ3) is 3.33. The molecule has 23 heavy (non-hydrogen) atoms. The van der Waals surface area contributed by atoms with Gasteiger partial charge in [-0.05, 0) is 19.1 Å². The van der Waals surface area contributed by atoms with Crippen LogP contribution in [0.2, 0.25) is 0 Å². The lowest BCUT2D eigenvalue weighted by molar-refractivity contribution is -0.177. The van der Waals surface area contributed by atoms with Crippen LogP contribution in [0.4, 0.5) is 0 Å². The summed E-state index contributed by atoms with van der Waals surface area (Å²) in [6, 6.07) is 8.93. The minimum atomic E-state index is -1.04. The molecule has 6 atom stereocenters. The number of benzene rings is 1. The van der Waals surface area contributed by atoms with E-state index >= 15 is 0 Å². The Morgan fingerprint density at radius 3 is 2.57 bits per heavy atom. The molecular formula is C16H22N2O4S. The number of aliphatic hydroxyl groups is 2. The number of para-hydroxylation sites is 1. The van der Waals surface area contributed by atoms with Gasteiger partial charge < -0.3 is 24.6 Å². The van der Waals surface area contributed by atoms with Crippen LogP contribution in [0, 0.1) is 0 Å². The summed E-state index contributed by atoms with van der Waals surface area (Å²) >= 11 is 1.46. The average molecular weight is 338 g/mol. The Hall–Kier alpha value is -1.28. The van der Waals surface area contributed by atoms with Crippen LogP contribution >= 0.6 is 11.8 Å². The summed E-state index contributed by atoms with van der Waals surface area (Å²) < 4.78 is 11.8. The molecule has 1 saturated heterocycles. The molecule has 0 saturated carbocycles. The molecule has 1 aromatic rings. The Balaban J connectivity index is 1.71. The zero-order valence-corrected chi connectivity index (χ0v) is 14.2. The first-order chi connectivity index (χ1) is 11.0. The van der Waals surface area contributed by atoms with Gasteiger partial charge >= 0.3 is 0 Å². The van der Waals surface area contributed by atoms with Crippen LogP contribution in [0.15, 0.2) is 35.3 Å². The zero-order chi connectivity index (χ0) is 16.6. The number of nitrogens with zero attached hydrogens (tertiary/aromatic N) is 2. The third-order valence-electron chi connectivity index (χ3n) is 4.00. The van der Waals surface area contributed by atoms with Crippen LogP contribution in [0.3, 0.4) is 0 Å². The molecule has 2 heterocycles. The van der Waals surface area contributed by atoms with Crippen molar-refractivity contribution < 1.29 is 19.7 Å². The second-order valence-corrected chi connectivity index (χ2v) is 7.07. The third-order valence-corrected chi connectivity index (χ3v) is 5.30. The number of hydrogen-bond donors (Lipinski definition) is 2. The van der Waals surface area contributed by atoms with Crippen molar-refractivity contribution in [2.24, 2.45) is 4.99 Å². The highest BCUT2D eigenvalue weighted by atomic mass is 32.2. The van der Waals surface area contributed by atoms with Crippen LogP contribution < -0.4 is 4.74 Å². The van der Waals surface area contributed by atoms with E-state index in [-0.39, 0.29) is 5.44 Å². The molecule has 0 aliphatic carbocycles. The zero-order valence-electron chi connectivity index (χ0n) is 13.4. The van der Waals surface area contributed by atoms with E-state index in [4.69, 9.17) is 9.47 Å². The molecule has 2 N–H and O–H groups in total. The maximum atomic E-state index is 10.4. The van der Waals surface area contributed by atoms with Crippen molar-refractivity contribution in [3.8, 4) is 5.75 Å². The van der Waals surface area contributed by atoms with Gasteiger partial charge in [0, 0.05) is 14.1 Å². The molecular weight excluding hydrogens is 316 g/mol. The van der Waals surface area contributed by atoms with E-state index in [2.05, 4.69) is 4.99 Å². The molecule has 0 bridgehead atoms. The van der Waals surface area contributed by atoms with Crippen molar-refractivity contribution in [1.29, 1.82) is 0 Å². The van der Waals surface area contributed by atoms with Gasteiger partial charge in [0.05, 0.1) is 0 Å². The van der Waals surface area contributed by atoms with Crippen molar-refractivity contribution in [3.63, 3.8) is 0 Å². The van der Waals surface area contributed by atoms with Crippen molar-refractivity contribution in [2.75, 3.05) is 14.1 Å². The van der Waals surface area contributed by atoms with Crippen LogP contribution in [-0.2, 0) is 4.74 Å². The maximum absolute atomic E-state index is 10.4. The second-order valence-electron chi connectivity index (χ2n) is 6.00. The molecule has 1 aromatic carbocycles. The SMILES string of the molecule is C[C@H](Oc1ccccc1)[C@H]1O[C@@H]2SC(N(C)C)=N[C@@H]2[C@@H](O)[C@@H]1O. The first kappa shape index (κ1) is 16.6. The smallest absolute Gasteiger partial charge is 0.161 e. The Labute approximate surface area is 140 Å². The lowest BCUT2D eigenvalue weighted by atomic mass is 9.95. The minimum Gasteiger partial charge on any atom is -0.488 e. The number of rotatable bonds is 3. The first-order valence-electron chi connectivity index (χ1n) is 7.62. The summed E-state index contributed by atoms with van der Waals surface area (Å²) in [4.78, 5) is 6.33. The van der Waals surface area contributed by atoms with Crippen LogP contribution in [0.25, 0.3) is 0 Å². The summed E-state index contributed by atoms with van der Waals surface area (Å²) in [5.41, 5.74) is -0.308. The number of thioether (sulfide) groups is 1. The number of aliphatic hydroxyl groups excluding tert-OH is 2. The molecule has 6 nitrogen and oxygen atoms in total. The van der Waals surface area contributed by atoms with Gasteiger partial charge in [0.15, 0.2) is 5.17 Å². The Bertz CT molecular complexity index is 568. The summed E-state index contributed by atoms with van der Waals surface area (Å²) in [5.74, 6) is 0.705. The van der Waals surface area contributed by atoms with Crippen LogP contribution in [-0.4, -0.2) is 70.3 Å². The second kappa shape index (κ2) is 6.68. The highest BCUT2D eigenvalue weighted by Gasteiger charge is 2.50. The van der Waals surface area contributed by atoms with Crippen molar-refractivity contribution in [3.05, 3.63) is 30.3 Å². The Morgan fingerprint density at radius 1 is 1.22 bits per heavy atom. The first-order valence-corrected chi connectivity index (χ1v) is 8.50. The molecule has 3 rings (SSSR count). The van der Waals surface area contributed by atoms with Gasteiger partial charge in [-0.2, -0.15) is 0 Å². The number of ether oxygens (including phenoxy) is 2. The summed E-state index contributed by atoms with van der Waals surface area (Å²) in [6.45, 7) is 1.83. The van der Waals surface area contributed by atoms with Gasteiger partial charge in [-0.3, -0.25) is 4.99 Å². The molecule has 2 aliphatic rings. The predicted molar refractivity (Wildman–Crippen MR) is 89.7 cm³/mol. The van der Waals surface area contributed by atoms with E-state index in [0.29, 0.717) is 5.75 Å². The monoisotopic (exact) mass is 338 g/mol. The van der Waals surface area contributed by atoms with E-state index in [9.17, 15) is 10.2 Å². The van der Waals surface area contributed by atoms with E-state index in [0.717, 1.165) is 5.17 Å². The lowest BCUT2D eigenvalue weighted by Gasteiger charge is -2.40. The highest BCUT2D eigenvalue weighted by Crippen LogP contribution is 2.38. The fourth-order valence-electron chi connectivity index (χ4n) is 2.76. The van der Waals surface area contributed by atoms with E-state index in [1.54, 1.807) is 0 Å². The normalized spacial score (nSPS) is 34.5. The lowest BCUT2D eigenvalue weighted by Crippen LogP contribution is -2.58. The standard InChI is InChI=1S/C16H22N2O4S/c1-9(21-10-7-5-4-6-8-10)14-13(20)12(19)11-15(22-14)23-16(17-11)18(2)3/h4-9,11-15,19-20H,1-3H3/t9-,11+,12+,13-,14+,15+/m0/s1. The largest absolute Gasteiger partial charge is 0.488 e. The van der Waals surface area contributed by atoms with Crippen molar-refractivity contribution >= 4 is 16.9 Å². The molecule has 0 aromatic heterocycles. The van der Waals surface area contributed by atoms with Gasteiger partial charge in [-0.15, -0.1) is 0 Å². The average Bonchev–Trinajstić information content (AvgIpc) is 2.96. The summed E-state index contributed by atoms with van der Waals surface area (Å²) in [7, 11) is 3.79. The molecule has 0 radical (unpaired) electrons. The van der Waals surface area contributed by atoms with Crippen LogP contribution in [0.5, 0.6) is 5.75 Å². The van der Waals surface area contributed by atoms with Crippen molar-refractivity contribution in [1.82, 2.24) is 4.90 Å². The van der Waals surface area contributed by atoms with Crippen molar-refractivity contribution in [2.45, 2.75) is 42.8 Å². The number of hydrogen-bond acceptors (Lipinski definition) is 7. The fourth-order valence-corrected chi connectivity index (χ4v) is 3.91. The molecule has 0 spiro atoms. The van der Waals surface area contributed by atoms with Gasteiger partial charge in [0.25, 0.3) is 0 Å². The molecule has 2 aliphatic heterocycles. The Kier molecular flexibility index (Phi) is 4.82. The van der Waals surface area contributed by atoms with E-state index < -0.39 is 30.5 Å². The quantitative estimate of drug-likeness (QED) is 0.854. The number of fused-ring (bicyclic) bond motifs is 1. The minimum absolute atomic E-state index is 0.308. The number of aliphatic imine (C=N–C) groups is 1. The molecule has 1 fully saturated rings. The molecule has 126 valence electrons. The molecule has 7 heteroatoms. The van der Waals surface area contributed by atoms with Gasteiger partial charge in [-0.1, -0.05) is 30.0 Å². The fraction of sp³-hybridized carbons (Fsp3) is 0.562. The van der Waals surface area contributed by atoms with Crippen LogP contribution in [0.1, 0.15) is 6.92 Å². The molecule has 0 unspecified atom stereocenters. The van der Waals surface area contributed by atoms with Gasteiger partial charge in [0.1, 0.15) is 41.6 Å². The maximum Gasteiger partial charge on any atom is 0.161 e. The topological polar surface area (TPSA) is 74.5 Å². The van der Waals surface area contributed by atoms with E-state index in [1.165, 1.54) is 11.8 Å². The number of amidine groups is 1. The van der Waals surface area contributed by atoms with E-state index in [1.807, 2.05) is 56.3 Å². The Morgan fingerprint density at radius 2 is 1.91 bits per heavy atom. The van der Waals surface area contributed by atoms with Gasteiger partial charge in [0.2, 0.25) is 0 Å². The molecule has 0 amide bonds. The predicted octanol–water partition coefficient (Wildman–Crippen LogP) is 0.934. The summed E-state index contributed by atoms with van der Waals surface area (Å²) in [6.07, 6.45) is -3.02. The van der Waals surface area contributed by atoms with Gasteiger partial charge in [-0.25, -0.2) is 0 Å².